The van der Waals surface area contributed by atoms with Gasteiger partial charge in [0.15, 0.2) is 0 Å². The lowest BCUT2D eigenvalue weighted by molar-refractivity contribution is 0.317. The zero-order valence-electron chi connectivity index (χ0n) is 11.5. The quantitative estimate of drug-likeness (QED) is 0.867. The van der Waals surface area contributed by atoms with Crippen LogP contribution in [0.4, 0.5) is 0 Å². The fourth-order valence-electron chi connectivity index (χ4n) is 1.93. The molecule has 0 radical (unpaired) electrons. The van der Waals surface area contributed by atoms with E-state index in [1.807, 2.05) is 35.0 Å². The SMILES string of the molecule is CCCOc1ccc(-n2cncc2[C@H](N)CC)cc1. The summed E-state index contributed by atoms with van der Waals surface area (Å²) in [5.41, 5.74) is 8.17. The first kappa shape index (κ1) is 13.6. The summed E-state index contributed by atoms with van der Waals surface area (Å²) >= 11 is 0. The molecular formula is C15H21N3O. The summed E-state index contributed by atoms with van der Waals surface area (Å²) in [7, 11) is 0. The van der Waals surface area contributed by atoms with Crippen molar-refractivity contribution < 1.29 is 4.74 Å². The number of hydrogen-bond acceptors (Lipinski definition) is 3. The first-order chi connectivity index (χ1) is 9.26. The standard InChI is InChI=1S/C15H21N3O/c1-3-9-19-13-7-5-12(6-8-13)18-11-17-10-15(18)14(16)4-2/h5-8,10-11,14H,3-4,9,16H2,1-2H3/t14-/m1/s1. The van der Waals surface area contributed by atoms with Gasteiger partial charge in [0.1, 0.15) is 5.75 Å². The fraction of sp³-hybridized carbons (Fsp3) is 0.400. The summed E-state index contributed by atoms with van der Waals surface area (Å²) in [6.07, 6.45) is 5.53. The van der Waals surface area contributed by atoms with E-state index in [1.165, 1.54) is 0 Å². The van der Waals surface area contributed by atoms with Crippen molar-refractivity contribution in [2.24, 2.45) is 5.73 Å². The van der Waals surface area contributed by atoms with E-state index in [2.05, 4.69) is 18.8 Å². The summed E-state index contributed by atoms with van der Waals surface area (Å²) in [5.74, 6) is 0.895. The molecule has 0 saturated carbocycles. The minimum Gasteiger partial charge on any atom is -0.494 e. The lowest BCUT2D eigenvalue weighted by Gasteiger charge is -2.13. The topological polar surface area (TPSA) is 53.1 Å². The lowest BCUT2D eigenvalue weighted by atomic mass is 10.2. The van der Waals surface area contributed by atoms with Gasteiger partial charge in [-0.2, -0.15) is 0 Å². The Kier molecular flexibility index (Phi) is 4.58. The molecule has 4 nitrogen and oxygen atoms in total. The number of nitrogens with two attached hydrogens (primary N) is 1. The summed E-state index contributed by atoms with van der Waals surface area (Å²) in [6, 6.07) is 8.02. The molecule has 4 heteroatoms. The van der Waals surface area contributed by atoms with Crippen LogP contribution in [0.1, 0.15) is 38.4 Å². The Morgan fingerprint density at radius 3 is 2.63 bits per heavy atom. The van der Waals surface area contributed by atoms with Crippen molar-refractivity contribution in [3.8, 4) is 11.4 Å². The van der Waals surface area contributed by atoms with Crippen LogP contribution in [-0.4, -0.2) is 16.2 Å². The minimum absolute atomic E-state index is 0.0125. The van der Waals surface area contributed by atoms with E-state index in [1.54, 1.807) is 6.33 Å². The average molecular weight is 259 g/mol. The zero-order chi connectivity index (χ0) is 13.7. The first-order valence-electron chi connectivity index (χ1n) is 6.77. The highest BCUT2D eigenvalue weighted by Gasteiger charge is 2.10. The molecule has 0 fully saturated rings. The molecule has 0 aliphatic rings. The number of nitrogens with zero attached hydrogens (tertiary/aromatic N) is 2. The third kappa shape index (κ3) is 3.15. The molecule has 0 bridgehead atoms. The molecule has 2 rings (SSSR count). The van der Waals surface area contributed by atoms with Crippen LogP contribution in [0.15, 0.2) is 36.8 Å². The number of benzene rings is 1. The second-order valence-corrected chi connectivity index (χ2v) is 4.55. The maximum Gasteiger partial charge on any atom is 0.119 e. The maximum atomic E-state index is 6.09. The van der Waals surface area contributed by atoms with Crippen molar-refractivity contribution in [3.63, 3.8) is 0 Å². The number of ether oxygens (including phenoxy) is 1. The van der Waals surface area contributed by atoms with Gasteiger partial charge in [-0.15, -0.1) is 0 Å². The lowest BCUT2D eigenvalue weighted by Crippen LogP contribution is -2.13. The highest BCUT2D eigenvalue weighted by molar-refractivity contribution is 5.39. The highest BCUT2D eigenvalue weighted by Crippen LogP contribution is 2.20. The molecule has 0 spiro atoms. The summed E-state index contributed by atoms with van der Waals surface area (Å²) < 4.78 is 7.60. The highest BCUT2D eigenvalue weighted by atomic mass is 16.5. The third-order valence-electron chi connectivity index (χ3n) is 3.07. The molecule has 0 aliphatic heterocycles. The molecule has 0 amide bonds. The van der Waals surface area contributed by atoms with Gasteiger partial charge in [-0.25, -0.2) is 4.98 Å². The molecule has 0 saturated heterocycles. The number of imidazole rings is 1. The average Bonchev–Trinajstić information content (AvgIpc) is 2.94. The van der Waals surface area contributed by atoms with Crippen LogP contribution in [0.25, 0.3) is 5.69 Å². The van der Waals surface area contributed by atoms with Gasteiger partial charge < -0.3 is 15.0 Å². The van der Waals surface area contributed by atoms with Crippen LogP contribution in [0.3, 0.4) is 0 Å². The van der Waals surface area contributed by atoms with Crippen molar-refractivity contribution in [2.75, 3.05) is 6.61 Å². The van der Waals surface area contributed by atoms with Crippen molar-refractivity contribution >= 4 is 0 Å². The van der Waals surface area contributed by atoms with Crippen LogP contribution in [0.5, 0.6) is 5.75 Å². The fourth-order valence-corrected chi connectivity index (χ4v) is 1.93. The minimum atomic E-state index is 0.0125. The van der Waals surface area contributed by atoms with E-state index in [9.17, 15) is 0 Å². The number of rotatable bonds is 6. The molecule has 1 heterocycles. The van der Waals surface area contributed by atoms with Gasteiger partial charge in [-0.1, -0.05) is 13.8 Å². The van der Waals surface area contributed by atoms with E-state index < -0.39 is 0 Å². The van der Waals surface area contributed by atoms with E-state index in [-0.39, 0.29) is 6.04 Å². The third-order valence-corrected chi connectivity index (χ3v) is 3.07. The second-order valence-electron chi connectivity index (χ2n) is 4.55. The van der Waals surface area contributed by atoms with Crippen LogP contribution in [0, 0.1) is 0 Å². The monoisotopic (exact) mass is 259 g/mol. The Balaban J connectivity index is 2.20. The van der Waals surface area contributed by atoms with Crippen LogP contribution < -0.4 is 10.5 Å². The molecule has 102 valence electrons. The molecule has 19 heavy (non-hydrogen) atoms. The Morgan fingerprint density at radius 2 is 2.00 bits per heavy atom. The number of hydrogen-bond donors (Lipinski definition) is 1. The van der Waals surface area contributed by atoms with Crippen molar-refractivity contribution in [2.45, 2.75) is 32.7 Å². The van der Waals surface area contributed by atoms with Gasteiger partial charge in [-0.3, -0.25) is 0 Å². The smallest absolute Gasteiger partial charge is 0.119 e. The predicted molar refractivity (Wildman–Crippen MR) is 76.6 cm³/mol. The van der Waals surface area contributed by atoms with Crippen LogP contribution >= 0.6 is 0 Å². The maximum absolute atomic E-state index is 6.09. The summed E-state index contributed by atoms with van der Waals surface area (Å²) in [4.78, 5) is 4.19. The summed E-state index contributed by atoms with van der Waals surface area (Å²) in [6.45, 7) is 4.92. The van der Waals surface area contributed by atoms with E-state index >= 15 is 0 Å². The molecule has 2 N–H and O–H groups in total. The Morgan fingerprint density at radius 1 is 1.26 bits per heavy atom. The van der Waals surface area contributed by atoms with E-state index in [0.717, 1.165) is 36.6 Å². The Labute approximate surface area is 114 Å². The molecule has 1 atom stereocenters. The van der Waals surface area contributed by atoms with Gasteiger partial charge in [0.25, 0.3) is 0 Å². The second kappa shape index (κ2) is 6.38. The Bertz CT molecular complexity index is 504. The molecule has 2 aromatic rings. The Hall–Kier alpha value is -1.81. The van der Waals surface area contributed by atoms with Gasteiger partial charge in [0.05, 0.1) is 24.8 Å². The first-order valence-corrected chi connectivity index (χ1v) is 6.77. The van der Waals surface area contributed by atoms with Crippen molar-refractivity contribution in [1.29, 1.82) is 0 Å². The van der Waals surface area contributed by atoms with Crippen LogP contribution in [0.2, 0.25) is 0 Å². The number of aromatic nitrogens is 2. The molecule has 0 aliphatic carbocycles. The summed E-state index contributed by atoms with van der Waals surface area (Å²) in [5, 5.41) is 0. The molecular weight excluding hydrogens is 238 g/mol. The van der Waals surface area contributed by atoms with E-state index in [4.69, 9.17) is 10.5 Å². The molecule has 0 unspecified atom stereocenters. The van der Waals surface area contributed by atoms with E-state index in [0.29, 0.717) is 0 Å². The van der Waals surface area contributed by atoms with Gasteiger partial charge in [0, 0.05) is 11.7 Å². The van der Waals surface area contributed by atoms with Gasteiger partial charge in [-0.05, 0) is 37.1 Å². The molecule has 1 aromatic heterocycles. The predicted octanol–water partition coefficient (Wildman–Crippen LogP) is 3.07. The largest absolute Gasteiger partial charge is 0.494 e. The van der Waals surface area contributed by atoms with Crippen molar-refractivity contribution in [1.82, 2.24) is 9.55 Å². The van der Waals surface area contributed by atoms with Crippen molar-refractivity contribution in [3.05, 3.63) is 42.5 Å². The van der Waals surface area contributed by atoms with Gasteiger partial charge in [0.2, 0.25) is 0 Å². The van der Waals surface area contributed by atoms with Gasteiger partial charge >= 0.3 is 0 Å². The normalized spacial score (nSPS) is 12.4. The van der Waals surface area contributed by atoms with Crippen LogP contribution in [-0.2, 0) is 0 Å². The molecule has 1 aromatic carbocycles. The zero-order valence-corrected chi connectivity index (χ0v) is 11.5.